The van der Waals surface area contributed by atoms with E-state index >= 15 is 0 Å². The summed E-state index contributed by atoms with van der Waals surface area (Å²) in [5.41, 5.74) is 0. The summed E-state index contributed by atoms with van der Waals surface area (Å²) in [6.45, 7) is 0.669. The molecule has 106 valence electrons. The van der Waals surface area contributed by atoms with E-state index in [0.717, 1.165) is 0 Å². The summed E-state index contributed by atoms with van der Waals surface area (Å²) in [7, 11) is -0.167. The number of nitrogens with one attached hydrogen (secondary N) is 3. The number of halogens is 1. The Morgan fingerprint density at radius 2 is 2.11 bits per heavy atom. The predicted octanol–water partition coefficient (Wildman–Crippen LogP) is 0.413. The number of benzene rings is 1. The number of nitrogens with zero attached hydrogens (tertiary/aromatic N) is 1. The SMILES string of the molecule is CN=C(NC)NCCNS(=O)(=O)c1cccc(Cl)c1. The molecule has 6 nitrogen and oxygen atoms in total. The summed E-state index contributed by atoms with van der Waals surface area (Å²) in [6.07, 6.45) is 0. The van der Waals surface area contributed by atoms with Gasteiger partial charge in [0.25, 0.3) is 0 Å². The van der Waals surface area contributed by atoms with Gasteiger partial charge in [-0.15, -0.1) is 0 Å². The molecule has 3 N–H and O–H groups in total. The van der Waals surface area contributed by atoms with Crippen molar-refractivity contribution in [3.8, 4) is 0 Å². The van der Waals surface area contributed by atoms with Gasteiger partial charge in [0.1, 0.15) is 0 Å². The lowest BCUT2D eigenvalue weighted by Crippen LogP contribution is -2.39. The van der Waals surface area contributed by atoms with Crippen molar-refractivity contribution < 1.29 is 8.42 Å². The zero-order valence-electron chi connectivity index (χ0n) is 10.8. The maximum absolute atomic E-state index is 11.9. The van der Waals surface area contributed by atoms with E-state index in [4.69, 9.17) is 11.6 Å². The molecule has 1 aromatic carbocycles. The fraction of sp³-hybridized carbons (Fsp3) is 0.364. The van der Waals surface area contributed by atoms with E-state index in [1.54, 1.807) is 26.2 Å². The second kappa shape index (κ2) is 7.32. The normalized spacial score (nSPS) is 12.3. The molecule has 0 aliphatic heterocycles. The molecule has 0 heterocycles. The first-order chi connectivity index (χ1) is 8.99. The maximum atomic E-state index is 11.9. The summed E-state index contributed by atoms with van der Waals surface area (Å²) in [6, 6.07) is 6.12. The van der Waals surface area contributed by atoms with Gasteiger partial charge in [-0.2, -0.15) is 0 Å². The highest BCUT2D eigenvalue weighted by molar-refractivity contribution is 7.89. The summed E-state index contributed by atoms with van der Waals surface area (Å²) in [5.74, 6) is 0.599. The highest BCUT2D eigenvalue weighted by Gasteiger charge is 2.13. The molecular formula is C11H17ClN4O2S. The first-order valence-corrected chi connectivity index (χ1v) is 7.49. The Labute approximate surface area is 118 Å². The molecule has 1 aromatic rings. The van der Waals surface area contributed by atoms with Crippen molar-refractivity contribution >= 4 is 27.6 Å². The smallest absolute Gasteiger partial charge is 0.240 e. The largest absolute Gasteiger partial charge is 0.359 e. The minimum atomic E-state index is -3.53. The number of hydrogen-bond donors (Lipinski definition) is 3. The molecule has 0 saturated carbocycles. The number of guanidine groups is 1. The molecule has 0 spiro atoms. The number of hydrogen-bond acceptors (Lipinski definition) is 3. The maximum Gasteiger partial charge on any atom is 0.240 e. The lowest BCUT2D eigenvalue weighted by molar-refractivity contribution is 0.580. The van der Waals surface area contributed by atoms with Crippen molar-refractivity contribution in [2.45, 2.75) is 4.90 Å². The Balaban J connectivity index is 2.53. The molecule has 1 rings (SSSR count). The Kier molecular flexibility index (Phi) is 6.07. The number of aliphatic imine (C=N–C) groups is 1. The average molecular weight is 305 g/mol. The lowest BCUT2D eigenvalue weighted by atomic mass is 10.4. The van der Waals surface area contributed by atoms with Gasteiger partial charge in [0.2, 0.25) is 10.0 Å². The van der Waals surface area contributed by atoms with Crippen molar-refractivity contribution in [2.75, 3.05) is 27.2 Å². The van der Waals surface area contributed by atoms with Crippen LogP contribution >= 0.6 is 11.6 Å². The van der Waals surface area contributed by atoms with Crippen molar-refractivity contribution in [2.24, 2.45) is 4.99 Å². The van der Waals surface area contributed by atoms with Crippen LogP contribution in [0.25, 0.3) is 0 Å². The molecule has 0 bridgehead atoms. The van der Waals surface area contributed by atoms with E-state index in [1.165, 1.54) is 12.1 Å². The molecule has 0 aliphatic rings. The molecular weight excluding hydrogens is 288 g/mol. The average Bonchev–Trinajstić information content (AvgIpc) is 2.39. The van der Waals surface area contributed by atoms with Crippen LogP contribution < -0.4 is 15.4 Å². The third-order valence-electron chi connectivity index (χ3n) is 2.28. The molecule has 19 heavy (non-hydrogen) atoms. The van der Waals surface area contributed by atoms with E-state index in [1.807, 2.05) is 0 Å². The summed E-state index contributed by atoms with van der Waals surface area (Å²) in [5, 5.41) is 6.16. The fourth-order valence-corrected chi connectivity index (χ4v) is 2.70. The molecule has 0 saturated heterocycles. The van der Waals surface area contributed by atoms with Crippen LogP contribution in [0.5, 0.6) is 0 Å². The van der Waals surface area contributed by atoms with E-state index in [-0.39, 0.29) is 11.4 Å². The van der Waals surface area contributed by atoms with Crippen LogP contribution in [0.3, 0.4) is 0 Å². The molecule has 0 amide bonds. The van der Waals surface area contributed by atoms with Gasteiger partial charge in [-0.05, 0) is 18.2 Å². The lowest BCUT2D eigenvalue weighted by Gasteiger charge is -2.10. The third kappa shape index (κ3) is 5.06. The zero-order chi connectivity index (χ0) is 14.3. The Morgan fingerprint density at radius 3 is 2.68 bits per heavy atom. The van der Waals surface area contributed by atoms with Crippen LogP contribution in [-0.4, -0.2) is 41.6 Å². The van der Waals surface area contributed by atoms with Gasteiger partial charge in [0.05, 0.1) is 4.90 Å². The summed E-state index contributed by atoms with van der Waals surface area (Å²) < 4.78 is 26.3. The van der Waals surface area contributed by atoms with Crippen LogP contribution in [0.4, 0.5) is 0 Å². The second-order valence-electron chi connectivity index (χ2n) is 3.60. The molecule has 0 unspecified atom stereocenters. The van der Waals surface area contributed by atoms with Crippen molar-refractivity contribution in [1.82, 2.24) is 15.4 Å². The van der Waals surface area contributed by atoms with Crippen LogP contribution in [0.1, 0.15) is 0 Å². The number of sulfonamides is 1. The highest BCUT2D eigenvalue weighted by Crippen LogP contribution is 2.14. The van der Waals surface area contributed by atoms with Gasteiger partial charge < -0.3 is 10.6 Å². The molecule has 0 aliphatic carbocycles. The number of rotatable bonds is 5. The van der Waals surface area contributed by atoms with E-state index in [0.29, 0.717) is 17.5 Å². The second-order valence-corrected chi connectivity index (χ2v) is 5.81. The molecule has 0 radical (unpaired) electrons. The van der Waals surface area contributed by atoms with Crippen molar-refractivity contribution in [1.29, 1.82) is 0 Å². The van der Waals surface area contributed by atoms with Crippen LogP contribution in [-0.2, 0) is 10.0 Å². The standard InChI is InChI=1S/C11H17ClN4O2S/c1-13-11(14-2)15-6-7-16-19(17,18)10-5-3-4-9(12)8-10/h3-5,8,16H,6-7H2,1-2H3,(H2,13,14,15). The molecule has 0 atom stereocenters. The van der Waals surface area contributed by atoms with Gasteiger partial charge in [-0.25, -0.2) is 13.1 Å². The van der Waals surface area contributed by atoms with Crippen molar-refractivity contribution in [3.63, 3.8) is 0 Å². The van der Waals surface area contributed by atoms with E-state index in [9.17, 15) is 8.42 Å². The Morgan fingerprint density at radius 1 is 1.37 bits per heavy atom. The van der Waals surface area contributed by atoms with Gasteiger partial charge >= 0.3 is 0 Å². The first kappa shape index (κ1) is 15.7. The van der Waals surface area contributed by atoms with Gasteiger partial charge in [0, 0.05) is 32.2 Å². The van der Waals surface area contributed by atoms with Crippen molar-refractivity contribution in [3.05, 3.63) is 29.3 Å². The predicted molar refractivity (Wildman–Crippen MR) is 77.1 cm³/mol. The fourth-order valence-electron chi connectivity index (χ4n) is 1.36. The summed E-state index contributed by atoms with van der Waals surface area (Å²) >= 11 is 5.76. The Hall–Kier alpha value is -1.31. The van der Waals surface area contributed by atoms with E-state index in [2.05, 4.69) is 20.3 Å². The summed E-state index contributed by atoms with van der Waals surface area (Å²) in [4.78, 5) is 4.06. The third-order valence-corrected chi connectivity index (χ3v) is 3.97. The van der Waals surface area contributed by atoms with Crippen LogP contribution in [0, 0.1) is 0 Å². The topological polar surface area (TPSA) is 82.6 Å². The van der Waals surface area contributed by atoms with Gasteiger partial charge in [0.15, 0.2) is 5.96 Å². The molecule has 0 aromatic heterocycles. The minimum absolute atomic E-state index is 0.151. The van der Waals surface area contributed by atoms with E-state index < -0.39 is 10.0 Å². The monoisotopic (exact) mass is 304 g/mol. The molecule has 0 fully saturated rings. The molecule has 8 heteroatoms. The van der Waals surface area contributed by atoms with Gasteiger partial charge in [-0.3, -0.25) is 4.99 Å². The first-order valence-electron chi connectivity index (χ1n) is 5.63. The van der Waals surface area contributed by atoms with Crippen LogP contribution in [0.2, 0.25) is 5.02 Å². The highest BCUT2D eigenvalue weighted by atomic mass is 35.5. The van der Waals surface area contributed by atoms with Crippen LogP contribution in [0.15, 0.2) is 34.2 Å². The minimum Gasteiger partial charge on any atom is -0.359 e. The van der Waals surface area contributed by atoms with Gasteiger partial charge in [-0.1, -0.05) is 17.7 Å². The Bertz CT molecular complexity index is 545. The zero-order valence-corrected chi connectivity index (χ0v) is 12.3. The quantitative estimate of drug-likeness (QED) is 0.418.